The van der Waals surface area contributed by atoms with Crippen LogP contribution in [0.3, 0.4) is 0 Å². The monoisotopic (exact) mass is 277 g/mol. The fraction of sp³-hybridized carbons (Fsp3) is 0.0714. The predicted molar refractivity (Wildman–Crippen MR) is 74.5 cm³/mol. The molecule has 2 aromatic carbocycles. The van der Waals surface area contributed by atoms with E-state index in [1.165, 1.54) is 6.26 Å². The van der Waals surface area contributed by atoms with E-state index in [-0.39, 0.29) is 5.91 Å². The molecule has 0 saturated heterocycles. The fourth-order valence-electron chi connectivity index (χ4n) is 1.27. The van der Waals surface area contributed by atoms with Gasteiger partial charge >= 0.3 is 0 Å². The lowest BCUT2D eigenvalue weighted by Crippen LogP contribution is -2.09. The Kier molecular flexibility index (Phi) is 5.26. The smallest absolute Gasteiger partial charge is 0.248 e. The van der Waals surface area contributed by atoms with E-state index in [1.54, 1.807) is 54.6 Å². The van der Waals surface area contributed by atoms with Gasteiger partial charge in [0.05, 0.1) is 4.90 Å². The number of carbonyl (C=O) groups excluding carboxylic acids is 1. The summed E-state index contributed by atoms with van der Waals surface area (Å²) in [5.41, 5.74) is 5.53. The first-order chi connectivity index (χ1) is 8.91. The Morgan fingerprint density at radius 3 is 1.58 bits per heavy atom. The minimum atomic E-state index is -3.00. The van der Waals surface area contributed by atoms with Crippen LogP contribution < -0.4 is 5.73 Å². The molecule has 2 rings (SSSR count). The third-order valence-electron chi connectivity index (χ3n) is 2.23. The molecule has 19 heavy (non-hydrogen) atoms. The molecule has 4 nitrogen and oxygen atoms in total. The maximum Gasteiger partial charge on any atom is 0.248 e. The molecule has 2 N–H and O–H groups in total. The summed E-state index contributed by atoms with van der Waals surface area (Å²) in [6.45, 7) is 0. The van der Waals surface area contributed by atoms with Gasteiger partial charge in [-0.2, -0.15) is 0 Å². The number of carbonyl (C=O) groups is 1. The highest BCUT2D eigenvalue weighted by Crippen LogP contribution is 2.05. The fourth-order valence-corrected chi connectivity index (χ4v) is 1.92. The Hall–Kier alpha value is -2.14. The summed E-state index contributed by atoms with van der Waals surface area (Å²) in [4.78, 5) is 10.8. The number of hydrogen-bond donors (Lipinski definition) is 1. The van der Waals surface area contributed by atoms with Crippen LogP contribution in [0.5, 0.6) is 0 Å². The minimum Gasteiger partial charge on any atom is -0.366 e. The van der Waals surface area contributed by atoms with Crippen LogP contribution in [0.2, 0.25) is 0 Å². The van der Waals surface area contributed by atoms with Crippen molar-refractivity contribution in [3.05, 3.63) is 66.2 Å². The van der Waals surface area contributed by atoms with Crippen molar-refractivity contribution >= 4 is 15.7 Å². The topological polar surface area (TPSA) is 77.2 Å². The van der Waals surface area contributed by atoms with Gasteiger partial charge in [0.15, 0.2) is 9.84 Å². The molecule has 5 heteroatoms. The zero-order chi connectivity index (χ0) is 14.3. The lowest BCUT2D eigenvalue weighted by atomic mass is 10.2. The highest BCUT2D eigenvalue weighted by molar-refractivity contribution is 7.90. The van der Waals surface area contributed by atoms with Crippen LogP contribution in [0, 0.1) is 0 Å². The summed E-state index contributed by atoms with van der Waals surface area (Å²) < 4.78 is 21.7. The van der Waals surface area contributed by atoms with Crippen molar-refractivity contribution in [3.8, 4) is 0 Å². The summed E-state index contributed by atoms with van der Waals surface area (Å²) >= 11 is 0. The zero-order valence-corrected chi connectivity index (χ0v) is 11.3. The second-order valence-corrected chi connectivity index (χ2v) is 5.83. The molecule has 0 saturated carbocycles. The van der Waals surface area contributed by atoms with E-state index in [1.807, 2.05) is 6.07 Å². The van der Waals surface area contributed by atoms with Crippen molar-refractivity contribution in [2.75, 3.05) is 6.26 Å². The molecule has 0 unspecified atom stereocenters. The van der Waals surface area contributed by atoms with Gasteiger partial charge in [-0.15, -0.1) is 0 Å². The Morgan fingerprint density at radius 1 is 0.895 bits per heavy atom. The third-order valence-corrected chi connectivity index (χ3v) is 3.36. The third kappa shape index (κ3) is 5.35. The number of nitrogens with two attached hydrogens (primary N) is 1. The van der Waals surface area contributed by atoms with Crippen LogP contribution >= 0.6 is 0 Å². The summed E-state index contributed by atoms with van der Waals surface area (Å²) in [5.74, 6) is -0.379. The van der Waals surface area contributed by atoms with Gasteiger partial charge in [0.25, 0.3) is 0 Å². The highest BCUT2D eigenvalue weighted by Gasteiger charge is 2.02. The number of benzene rings is 2. The average Bonchev–Trinajstić information content (AvgIpc) is 2.40. The lowest BCUT2D eigenvalue weighted by Gasteiger charge is -1.93. The van der Waals surface area contributed by atoms with E-state index in [4.69, 9.17) is 5.73 Å². The number of rotatable bonds is 2. The van der Waals surface area contributed by atoms with E-state index in [2.05, 4.69) is 0 Å². The van der Waals surface area contributed by atoms with Gasteiger partial charge in [0.1, 0.15) is 0 Å². The van der Waals surface area contributed by atoms with Crippen LogP contribution in [-0.2, 0) is 9.84 Å². The van der Waals surface area contributed by atoms with E-state index in [0.29, 0.717) is 10.5 Å². The highest BCUT2D eigenvalue weighted by atomic mass is 32.2. The predicted octanol–water partition coefficient (Wildman–Crippen LogP) is 1.88. The summed E-state index contributed by atoms with van der Waals surface area (Å²) in [6.07, 6.45) is 1.20. The first kappa shape index (κ1) is 14.9. The number of sulfone groups is 1. The van der Waals surface area contributed by atoms with E-state index in [9.17, 15) is 13.2 Å². The molecule has 0 aliphatic rings. The molecule has 0 aromatic heterocycles. The molecule has 0 bridgehead atoms. The second-order valence-electron chi connectivity index (χ2n) is 3.82. The van der Waals surface area contributed by atoms with Gasteiger partial charge in [-0.25, -0.2) is 8.42 Å². The van der Waals surface area contributed by atoms with Gasteiger partial charge in [-0.3, -0.25) is 4.79 Å². The summed E-state index contributed by atoms with van der Waals surface area (Å²) in [5, 5.41) is 0. The average molecular weight is 277 g/mol. The van der Waals surface area contributed by atoms with Gasteiger partial charge in [0.2, 0.25) is 5.91 Å². The van der Waals surface area contributed by atoms with Crippen molar-refractivity contribution < 1.29 is 13.2 Å². The van der Waals surface area contributed by atoms with E-state index >= 15 is 0 Å². The van der Waals surface area contributed by atoms with Crippen molar-refractivity contribution in [2.45, 2.75) is 4.90 Å². The largest absolute Gasteiger partial charge is 0.366 e. The molecule has 0 aliphatic heterocycles. The Labute approximate surface area is 112 Å². The van der Waals surface area contributed by atoms with Crippen molar-refractivity contribution in [1.82, 2.24) is 0 Å². The Bertz CT molecular complexity index is 622. The second kappa shape index (κ2) is 6.70. The maximum atomic E-state index is 10.8. The number of hydrogen-bond acceptors (Lipinski definition) is 3. The normalized spacial score (nSPS) is 10.2. The molecular formula is C14H15NO3S. The molecule has 0 atom stereocenters. The standard InChI is InChI=1S/C7H7NO.C7H8O2S/c8-7(9)6-4-2-1-3-5-6;1-10(8,9)7-5-3-2-4-6-7/h1-5H,(H2,8,9);2-6H,1H3. The first-order valence-corrected chi connectivity index (χ1v) is 7.40. The molecule has 0 heterocycles. The molecule has 2 aromatic rings. The van der Waals surface area contributed by atoms with Crippen LogP contribution in [0.4, 0.5) is 0 Å². The first-order valence-electron chi connectivity index (χ1n) is 5.51. The quantitative estimate of drug-likeness (QED) is 0.910. The SMILES string of the molecule is CS(=O)(=O)c1ccccc1.NC(=O)c1ccccc1. The lowest BCUT2D eigenvalue weighted by molar-refractivity contribution is 0.100. The summed E-state index contributed by atoms with van der Waals surface area (Å²) in [7, 11) is -3.00. The van der Waals surface area contributed by atoms with Crippen LogP contribution in [-0.4, -0.2) is 20.6 Å². The number of amides is 1. The molecule has 1 amide bonds. The molecular weight excluding hydrogens is 262 g/mol. The molecule has 0 radical (unpaired) electrons. The van der Waals surface area contributed by atoms with Gasteiger partial charge in [0, 0.05) is 11.8 Å². The van der Waals surface area contributed by atoms with Crippen molar-refractivity contribution in [3.63, 3.8) is 0 Å². The molecule has 100 valence electrons. The van der Waals surface area contributed by atoms with Gasteiger partial charge in [-0.1, -0.05) is 36.4 Å². The van der Waals surface area contributed by atoms with Crippen molar-refractivity contribution in [1.29, 1.82) is 0 Å². The maximum absolute atomic E-state index is 10.8. The van der Waals surface area contributed by atoms with Crippen LogP contribution in [0.25, 0.3) is 0 Å². The van der Waals surface area contributed by atoms with Gasteiger partial charge < -0.3 is 5.73 Å². The van der Waals surface area contributed by atoms with Crippen LogP contribution in [0.1, 0.15) is 10.4 Å². The Morgan fingerprint density at radius 2 is 1.32 bits per heavy atom. The molecule has 0 spiro atoms. The zero-order valence-electron chi connectivity index (χ0n) is 10.5. The molecule has 0 fully saturated rings. The Balaban J connectivity index is 0.000000191. The van der Waals surface area contributed by atoms with E-state index < -0.39 is 9.84 Å². The van der Waals surface area contributed by atoms with Crippen molar-refractivity contribution in [2.24, 2.45) is 5.73 Å². The summed E-state index contributed by atoms with van der Waals surface area (Å²) in [6, 6.07) is 17.1. The van der Waals surface area contributed by atoms with Crippen LogP contribution in [0.15, 0.2) is 65.6 Å². The van der Waals surface area contributed by atoms with E-state index in [0.717, 1.165) is 0 Å². The van der Waals surface area contributed by atoms with Gasteiger partial charge in [-0.05, 0) is 24.3 Å². The minimum absolute atomic E-state index is 0.370. The number of primary amides is 1. The molecule has 0 aliphatic carbocycles.